The van der Waals surface area contributed by atoms with Gasteiger partial charge in [0.1, 0.15) is 17.6 Å². The lowest BCUT2D eigenvalue weighted by atomic mass is 9.81. The minimum absolute atomic E-state index is 0.321. The zero-order valence-corrected chi connectivity index (χ0v) is 14.7. The summed E-state index contributed by atoms with van der Waals surface area (Å²) in [5.41, 5.74) is 0.325. The van der Waals surface area contributed by atoms with E-state index < -0.39 is 25.0 Å². The highest BCUT2D eigenvalue weighted by molar-refractivity contribution is 7.14. The molecule has 1 aromatic rings. The summed E-state index contributed by atoms with van der Waals surface area (Å²) in [6.45, 7) is -1.02. The Kier molecular flexibility index (Phi) is 5.32. The molecular weight excluding hydrogens is 358 g/mol. The zero-order chi connectivity index (χ0) is 18.7. The average molecular weight is 375 g/mol. The number of carbonyl (C=O) groups excluding carboxylic acids is 4. The van der Waals surface area contributed by atoms with Crippen molar-refractivity contribution in [2.75, 3.05) is 18.5 Å². The molecule has 1 N–H and O–H groups in total. The van der Waals surface area contributed by atoms with E-state index in [-0.39, 0.29) is 23.7 Å². The Hall–Kier alpha value is -2.73. The molecule has 26 heavy (non-hydrogen) atoms. The molecule has 1 aliphatic heterocycles. The quantitative estimate of drug-likeness (QED) is 0.612. The standard InChI is InChI=1S/C17H17N3O5S/c18-7-10-5-6-26-15(10)19-13(21)9-25-14(22)8-20-16(23)11-3-1-2-4-12(11)17(20)24/h5-6,11-12H,1-4,8-9H2,(H,19,21)/t11-,12-/m0/s1. The number of thiophene rings is 1. The van der Waals surface area contributed by atoms with E-state index in [9.17, 15) is 19.2 Å². The van der Waals surface area contributed by atoms with Crippen LogP contribution in [0.25, 0.3) is 0 Å². The summed E-state index contributed by atoms with van der Waals surface area (Å²) in [6, 6.07) is 3.50. The molecule has 0 bridgehead atoms. The van der Waals surface area contributed by atoms with Gasteiger partial charge in [-0.1, -0.05) is 12.8 Å². The van der Waals surface area contributed by atoms with Crippen LogP contribution in [0, 0.1) is 23.2 Å². The Morgan fingerprint density at radius 1 is 1.27 bits per heavy atom. The van der Waals surface area contributed by atoms with Crippen molar-refractivity contribution in [1.29, 1.82) is 5.26 Å². The molecule has 1 aliphatic carbocycles. The van der Waals surface area contributed by atoms with E-state index in [1.807, 2.05) is 6.07 Å². The average Bonchev–Trinajstić information content (AvgIpc) is 3.18. The molecule has 1 saturated heterocycles. The third kappa shape index (κ3) is 3.60. The van der Waals surface area contributed by atoms with Gasteiger partial charge in [-0.15, -0.1) is 11.3 Å². The Morgan fingerprint density at radius 3 is 2.54 bits per heavy atom. The maximum Gasteiger partial charge on any atom is 0.326 e. The van der Waals surface area contributed by atoms with Gasteiger partial charge in [-0.2, -0.15) is 5.26 Å². The Balaban J connectivity index is 1.50. The number of nitrogens with zero attached hydrogens (tertiary/aromatic N) is 2. The van der Waals surface area contributed by atoms with Crippen molar-refractivity contribution in [2.24, 2.45) is 11.8 Å². The number of hydrogen-bond donors (Lipinski definition) is 1. The summed E-state index contributed by atoms with van der Waals surface area (Å²) in [5.74, 6) is -2.69. The maximum atomic E-state index is 12.3. The van der Waals surface area contributed by atoms with Gasteiger partial charge in [0.25, 0.3) is 5.91 Å². The summed E-state index contributed by atoms with van der Waals surface area (Å²) >= 11 is 1.18. The van der Waals surface area contributed by atoms with Gasteiger partial charge >= 0.3 is 5.97 Å². The molecule has 1 aromatic heterocycles. The molecule has 3 amide bonds. The number of amides is 3. The molecule has 0 unspecified atom stereocenters. The largest absolute Gasteiger partial charge is 0.454 e. The Labute approximate surface area is 153 Å². The topological polar surface area (TPSA) is 117 Å². The van der Waals surface area contributed by atoms with Crippen LogP contribution in [-0.2, 0) is 23.9 Å². The van der Waals surface area contributed by atoms with Crippen LogP contribution in [-0.4, -0.2) is 41.7 Å². The molecule has 2 aliphatic rings. The van der Waals surface area contributed by atoms with Gasteiger partial charge < -0.3 is 10.1 Å². The van der Waals surface area contributed by atoms with Gasteiger partial charge in [-0.05, 0) is 24.3 Å². The van der Waals surface area contributed by atoms with Crippen LogP contribution in [0.2, 0.25) is 0 Å². The van der Waals surface area contributed by atoms with Crippen molar-refractivity contribution in [2.45, 2.75) is 25.7 Å². The molecule has 0 radical (unpaired) electrons. The first kappa shape index (κ1) is 18.1. The number of carbonyl (C=O) groups is 4. The molecule has 2 fully saturated rings. The number of anilines is 1. The highest BCUT2D eigenvalue weighted by Crippen LogP contribution is 2.37. The van der Waals surface area contributed by atoms with Crippen molar-refractivity contribution in [1.82, 2.24) is 4.90 Å². The van der Waals surface area contributed by atoms with Crippen molar-refractivity contribution < 1.29 is 23.9 Å². The molecule has 9 heteroatoms. The lowest BCUT2D eigenvalue weighted by Crippen LogP contribution is -2.37. The number of esters is 1. The predicted molar refractivity (Wildman–Crippen MR) is 90.8 cm³/mol. The third-order valence-electron chi connectivity index (χ3n) is 4.62. The second-order valence-corrected chi connectivity index (χ2v) is 7.16. The number of fused-ring (bicyclic) bond motifs is 1. The number of nitriles is 1. The van der Waals surface area contributed by atoms with E-state index in [1.165, 1.54) is 11.3 Å². The number of nitrogens with one attached hydrogen (secondary N) is 1. The number of ether oxygens (including phenoxy) is 1. The predicted octanol–water partition coefficient (Wildman–Crippen LogP) is 1.28. The van der Waals surface area contributed by atoms with Crippen LogP contribution in [0.15, 0.2) is 11.4 Å². The summed E-state index contributed by atoms with van der Waals surface area (Å²) in [4.78, 5) is 49.3. The van der Waals surface area contributed by atoms with Crippen molar-refractivity contribution >= 4 is 40.0 Å². The van der Waals surface area contributed by atoms with E-state index >= 15 is 0 Å². The third-order valence-corrected chi connectivity index (χ3v) is 5.45. The Morgan fingerprint density at radius 2 is 1.92 bits per heavy atom. The monoisotopic (exact) mass is 375 g/mol. The number of rotatable bonds is 5. The van der Waals surface area contributed by atoms with Gasteiger partial charge in [0.15, 0.2) is 6.61 Å². The van der Waals surface area contributed by atoms with Gasteiger partial charge in [0, 0.05) is 0 Å². The Bertz CT molecular complexity index is 773. The van der Waals surface area contributed by atoms with Gasteiger partial charge in [-0.25, -0.2) is 0 Å². The fourth-order valence-electron chi connectivity index (χ4n) is 3.36. The second-order valence-electron chi connectivity index (χ2n) is 6.24. The van der Waals surface area contributed by atoms with Crippen molar-refractivity contribution in [3.63, 3.8) is 0 Å². The maximum absolute atomic E-state index is 12.3. The van der Waals surface area contributed by atoms with Gasteiger partial charge in [-0.3, -0.25) is 24.1 Å². The van der Waals surface area contributed by atoms with Crippen molar-refractivity contribution in [3.05, 3.63) is 17.0 Å². The minimum atomic E-state index is -0.813. The molecule has 3 rings (SSSR count). The van der Waals surface area contributed by atoms with Crippen LogP contribution >= 0.6 is 11.3 Å². The normalized spacial score (nSPS) is 21.9. The number of imide groups is 1. The first-order valence-corrected chi connectivity index (χ1v) is 9.17. The molecule has 0 aromatic carbocycles. The first-order valence-electron chi connectivity index (χ1n) is 8.29. The van der Waals surface area contributed by atoms with Gasteiger partial charge in [0.2, 0.25) is 11.8 Å². The molecular formula is C17H17N3O5S. The zero-order valence-electron chi connectivity index (χ0n) is 13.9. The van der Waals surface area contributed by atoms with Crippen LogP contribution in [0.4, 0.5) is 5.00 Å². The van der Waals surface area contributed by atoms with E-state index in [0.717, 1.165) is 17.7 Å². The van der Waals surface area contributed by atoms with Crippen LogP contribution in [0.5, 0.6) is 0 Å². The number of likely N-dealkylation sites (tertiary alicyclic amines) is 1. The van der Waals surface area contributed by atoms with E-state index in [0.29, 0.717) is 23.4 Å². The highest BCUT2D eigenvalue weighted by atomic mass is 32.1. The smallest absolute Gasteiger partial charge is 0.326 e. The fourth-order valence-corrected chi connectivity index (χ4v) is 4.12. The van der Waals surface area contributed by atoms with E-state index in [1.54, 1.807) is 11.4 Å². The van der Waals surface area contributed by atoms with Crippen LogP contribution < -0.4 is 5.32 Å². The van der Waals surface area contributed by atoms with Gasteiger partial charge in [0.05, 0.1) is 17.4 Å². The lowest BCUT2D eigenvalue weighted by Gasteiger charge is -2.19. The molecule has 8 nitrogen and oxygen atoms in total. The molecule has 2 atom stereocenters. The first-order chi connectivity index (χ1) is 12.5. The minimum Gasteiger partial charge on any atom is -0.454 e. The molecule has 2 heterocycles. The summed E-state index contributed by atoms with van der Waals surface area (Å²) in [5, 5.41) is 13.4. The van der Waals surface area contributed by atoms with Crippen molar-refractivity contribution in [3.8, 4) is 6.07 Å². The van der Waals surface area contributed by atoms with E-state index in [4.69, 9.17) is 10.00 Å². The van der Waals surface area contributed by atoms with Crippen LogP contribution in [0.1, 0.15) is 31.2 Å². The summed E-state index contributed by atoms with van der Waals surface area (Å²) < 4.78 is 4.86. The lowest BCUT2D eigenvalue weighted by molar-refractivity contribution is -0.154. The summed E-state index contributed by atoms with van der Waals surface area (Å²) in [6.07, 6.45) is 3.16. The van der Waals surface area contributed by atoms with Crippen LogP contribution in [0.3, 0.4) is 0 Å². The molecule has 136 valence electrons. The summed E-state index contributed by atoms with van der Waals surface area (Å²) in [7, 11) is 0. The second kappa shape index (κ2) is 7.66. The SMILES string of the molecule is N#Cc1ccsc1NC(=O)COC(=O)CN1C(=O)[C@H]2CCCC[C@@H]2C1=O. The fraction of sp³-hybridized carbons (Fsp3) is 0.471. The van der Waals surface area contributed by atoms with E-state index in [2.05, 4.69) is 5.32 Å². The molecule has 0 spiro atoms. The molecule has 1 saturated carbocycles. The number of hydrogen-bond acceptors (Lipinski definition) is 7. The highest BCUT2D eigenvalue weighted by Gasteiger charge is 2.48.